The molecule has 0 saturated carbocycles. The lowest BCUT2D eigenvalue weighted by Crippen LogP contribution is -2.50. The van der Waals surface area contributed by atoms with Crippen LogP contribution in [0.5, 0.6) is 0 Å². The minimum atomic E-state index is -0.874. The van der Waals surface area contributed by atoms with E-state index in [1.807, 2.05) is 21.1 Å². The van der Waals surface area contributed by atoms with Crippen LogP contribution in [0.3, 0.4) is 0 Å². The van der Waals surface area contributed by atoms with Crippen LogP contribution >= 0.6 is 0 Å². The first-order chi connectivity index (χ1) is 27.1. The highest BCUT2D eigenvalue weighted by Crippen LogP contribution is 2.16. The zero-order valence-corrected chi connectivity index (χ0v) is 37.3. The fourth-order valence-electron chi connectivity index (χ4n) is 7.01. The van der Waals surface area contributed by atoms with Gasteiger partial charge in [-0.2, -0.15) is 0 Å². The van der Waals surface area contributed by atoms with Gasteiger partial charge >= 0.3 is 17.9 Å². The van der Waals surface area contributed by atoms with Crippen LogP contribution in [0.15, 0.2) is 24.3 Å². The summed E-state index contributed by atoms with van der Waals surface area (Å²) in [4.78, 5) is 37.0. The maximum absolute atomic E-state index is 12.7. The van der Waals surface area contributed by atoms with E-state index in [9.17, 15) is 19.5 Å². The molecule has 1 N–H and O–H groups in total. The van der Waals surface area contributed by atoms with Crippen molar-refractivity contribution in [2.75, 3.05) is 41.0 Å². The van der Waals surface area contributed by atoms with E-state index in [4.69, 9.17) is 14.2 Å². The molecule has 0 aromatic carbocycles. The van der Waals surface area contributed by atoms with Crippen LogP contribution in [0, 0.1) is 0 Å². The van der Waals surface area contributed by atoms with Crippen LogP contribution in [-0.4, -0.2) is 80.6 Å². The Morgan fingerprint density at radius 2 is 1.00 bits per heavy atom. The first-order valence-corrected chi connectivity index (χ1v) is 23.4. The molecule has 0 spiro atoms. The smallest absolute Gasteiger partial charge is 0.362 e. The van der Waals surface area contributed by atoms with Crippen LogP contribution in [0.25, 0.3) is 0 Å². The minimum Gasteiger partial charge on any atom is -0.477 e. The maximum atomic E-state index is 12.7. The second-order valence-electron chi connectivity index (χ2n) is 17.0. The molecule has 0 aromatic rings. The molecular weight excluding hydrogens is 703 g/mol. The Bertz CT molecular complexity index is 973. The Morgan fingerprint density at radius 1 is 0.554 bits per heavy atom. The number of carbonyl (C=O) groups is 3. The minimum absolute atomic E-state index is 0.0509. The number of unbranched alkanes of at least 4 members (excludes halogenated alkanes) is 24. The lowest BCUT2D eigenvalue weighted by atomic mass is 10.0. The summed E-state index contributed by atoms with van der Waals surface area (Å²) in [6.07, 6.45) is 43.6. The first kappa shape index (κ1) is 53.8. The number of esters is 2. The van der Waals surface area contributed by atoms with Gasteiger partial charge in [0.2, 0.25) is 0 Å². The van der Waals surface area contributed by atoms with Crippen molar-refractivity contribution in [2.24, 2.45) is 0 Å². The molecule has 0 saturated heterocycles. The Morgan fingerprint density at radius 3 is 1.46 bits per heavy atom. The molecule has 0 radical (unpaired) electrons. The maximum Gasteiger partial charge on any atom is 0.362 e. The first-order valence-electron chi connectivity index (χ1n) is 23.4. The molecule has 2 atom stereocenters. The van der Waals surface area contributed by atoms with Gasteiger partial charge in [-0.3, -0.25) is 9.59 Å². The molecule has 328 valence electrons. The number of aliphatic carboxylic acids is 1. The number of rotatable bonds is 42. The van der Waals surface area contributed by atoms with Gasteiger partial charge < -0.3 is 23.8 Å². The summed E-state index contributed by atoms with van der Waals surface area (Å²) in [5.41, 5.74) is 0. The van der Waals surface area contributed by atoms with Crippen molar-refractivity contribution in [1.29, 1.82) is 0 Å². The zero-order chi connectivity index (χ0) is 41.4. The average Bonchev–Trinajstić information content (AvgIpc) is 3.15. The summed E-state index contributed by atoms with van der Waals surface area (Å²) >= 11 is 0. The third kappa shape index (κ3) is 37.4. The van der Waals surface area contributed by atoms with E-state index in [0.717, 1.165) is 57.8 Å². The quantitative estimate of drug-likeness (QED) is 0.0284. The van der Waals surface area contributed by atoms with E-state index in [2.05, 4.69) is 38.2 Å². The van der Waals surface area contributed by atoms with E-state index in [-0.39, 0.29) is 36.2 Å². The van der Waals surface area contributed by atoms with Gasteiger partial charge in [-0.1, -0.05) is 179 Å². The van der Waals surface area contributed by atoms with Gasteiger partial charge in [0.15, 0.2) is 12.1 Å². The standard InChI is InChI=1S/C48H89NO7/c1-6-8-10-12-14-16-18-20-22-23-24-25-27-29-31-33-35-37-39-47(51)56-44(42-54-41-40-45(48(52)53)49(3,4)5)43-55-46(50)38-36-34-32-30-28-26-21-19-17-15-13-11-9-7-2/h9,11,15,17,44-45H,6-8,10,12-14,16,18-43H2,1-5H3/p+1/b11-9+,17-15+. The molecule has 0 aliphatic rings. The molecule has 0 amide bonds. The topological polar surface area (TPSA) is 99.1 Å². The Kier molecular flexibility index (Phi) is 38.1. The average molecular weight is 793 g/mol. The van der Waals surface area contributed by atoms with Crippen molar-refractivity contribution in [1.82, 2.24) is 0 Å². The third-order valence-corrected chi connectivity index (χ3v) is 10.6. The summed E-state index contributed by atoms with van der Waals surface area (Å²) in [6, 6.07) is -0.613. The molecule has 8 heteroatoms. The number of hydrogen-bond acceptors (Lipinski definition) is 6. The molecule has 0 bridgehead atoms. The monoisotopic (exact) mass is 793 g/mol. The normalized spacial score (nSPS) is 13.1. The van der Waals surface area contributed by atoms with E-state index in [1.54, 1.807) is 0 Å². The van der Waals surface area contributed by atoms with Crippen molar-refractivity contribution in [3.8, 4) is 0 Å². The van der Waals surface area contributed by atoms with Crippen LogP contribution in [-0.2, 0) is 28.6 Å². The molecule has 0 heterocycles. The highest BCUT2D eigenvalue weighted by atomic mass is 16.6. The Hall–Kier alpha value is -2.19. The molecule has 0 aromatic heterocycles. The summed E-state index contributed by atoms with van der Waals surface area (Å²) in [6.45, 7) is 4.65. The summed E-state index contributed by atoms with van der Waals surface area (Å²) in [5, 5.41) is 9.63. The molecule has 0 aliphatic heterocycles. The van der Waals surface area contributed by atoms with Crippen molar-refractivity contribution in [3.63, 3.8) is 0 Å². The van der Waals surface area contributed by atoms with Crippen LogP contribution in [0.2, 0.25) is 0 Å². The fraction of sp³-hybridized carbons (Fsp3) is 0.854. The van der Waals surface area contributed by atoms with Gasteiger partial charge in [0.1, 0.15) is 6.61 Å². The van der Waals surface area contributed by atoms with Crippen molar-refractivity contribution < 1.29 is 38.2 Å². The predicted molar refractivity (Wildman–Crippen MR) is 234 cm³/mol. The highest BCUT2D eigenvalue weighted by molar-refractivity contribution is 5.72. The second kappa shape index (κ2) is 39.6. The van der Waals surface area contributed by atoms with Crippen molar-refractivity contribution in [3.05, 3.63) is 24.3 Å². The molecule has 2 unspecified atom stereocenters. The predicted octanol–water partition coefficient (Wildman–Crippen LogP) is 12.9. The number of ether oxygens (including phenoxy) is 3. The molecule has 56 heavy (non-hydrogen) atoms. The number of allylic oxidation sites excluding steroid dienone is 4. The summed E-state index contributed by atoms with van der Waals surface area (Å²) < 4.78 is 17.3. The van der Waals surface area contributed by atoms with Crippen LogP contribution in [0.1, 0.15) is 213 Å². The van der Waals surface area contributed by atoms with E-state index in [0.29, 0.717) is 19.3 Å². The second-order valence-corrected chi connectivity index (χ2v) is 17.0. The molecular formula is C48H90NO7+. The highest BCUT2D eigenvalue weighted by Gasteiger charge is 2.31. The van der Waals surface area contributed by atoms with Crippen molar-refractivity contribution >= 4 is 17.9 Å². The van der Waals surface area contributed by atoms with E-state index >= 15 is 0 Å². The number of nitrogens with zero attached hydrogens (tertiary/aromatic N) is 1. The lowest BCUT2D eigenvalue weighted by molar-refractivity contribution is -0.887. The fourth-order valence-corrected chi connectivity index (χ4v) is 7.01. The van der Waals surface area contributed by atoms with Crippen molar-refractivity contribution in [2.45, 2.75) is 225 Å². The van der Waals surface area contributed by atoms with Gasteiger partial charge in [-0.25, -0.2) is 4.79 Å². The molecule has 0 aliphatic carbocycles. The lowest BCUT2D eigenvalue weighted by Gasteiger charge is -2.31. The third-order valence-electron chi connectivity index (χ3n) is 10.6. The van der Waals surface area contributed by atoms with Gasteiger partial charge in [-0.15, -0.1) is 0 Å². The summed E-state index contributed by atoms with van der Waals surface area (Å²) in [7, 11) is 5.53. The molecule has 0 fully saturated rings. The Balaban J connectivity index is 4.27. The number of carbonyl (C=O) groups excluding carboxylic acids is 2. The van der Waals surface area contributed by atoms with Crippen LogP contribution in [0.4, 0.5) is 0 Å². The number of hydrogen-bond donors (Lipinski definition) is 1. The van der Waals surface area contributed by atoms with Gasteiger partial charge in [-0.05, 0) is 38.5 Å². The number of likely N-dealkylation sites (N-methyl/N-ethyl adjacent to an activating group) is 1. The van der Waals surface area contributed by atoms with Gasteiger partial charge in [0.05, 0.1) is 34.4 Å². The number of carboxylic acid groups (broad SMARTS) is 1. The van der Waals surface area contributed by atoms with E-state index < -0.39 is 18.1 Å². The number of carboxylic acids is 1. The largest absolute Gasteiger partial charge is 0.477 e. The Labute approximate surface area is 345 Å². The zero-order valence-electron chi connectivity index (χ0n) is 37.3. The summed E-state index contributed by atoms with van der Waals surface area (Å²) in [5.74, 6) is -1.46. The molecule has 8 nitrogen and oxygen atoms in total. The van der Waals surface area contributed by atoms with Gasteiger partial charge in [0, 0.05) is 19.3 Å². The van der Waals surface area contributed by atoms with Crippen LogP contribution < -0.4 is 0 Å². The molecule has 0 rings (SSSR count). The van der Waals surface area contributed by atoms with Gasteiger partial charge in [0.25, 0.3) is 0 Å². The SMILES string of the molecule is CC/C=C/C/C=C/CCCCCCCCCC(=O)OCC(COCCC(C(=O)O)[N+](C)(C)C)OC(=O)CCCCCCCCCCCCCCCCCCCC. The van der Waals surface area contributed by atoms with E-state index in [1.165, 1.54) is 122 Å². The number of quaternary nitrogens is 1.